The second kappa shape index (κ2) is 10.8. The molecule has 0 saturated heterocycles. The molecular weight excluding hydrogens is 514 g/mol. The first-order chi connectivity index (χ1) is 18.9. The fraction of sp³-hybridized carbons (Fsp3) is 0.233. The van der Waals surface area contributed by atoms with Crippen molar-refractivity contribution in [3.05, 3.63) is 103 Å². The van der Waals surface area contributed by atoms with E-state index < -0.39 is 12.0 Å². The molecule has 200 valence electrons. The SMILES string of the molecule is C=CCn1cc(/C=c2\sc3n(c2=O)[C@@H](c2ccc(OC)cc2OC)C(C(=O)OCC)=C(C)N=3)c2ccccc21. The van der Waals surface area contributed by atoms with E-state index in [0.29, 0.717) is 44.2 Å². The van der Waals surface area contributed by atoms with E-state index in [-0.39, 0.29) is 12.2 Å². The average molecular weight is 544 g/mol. The number of methoxy groups -OCH3 is 2. The lowest BCUT2D eigenvalue weighted by atomic mass is 9.95. The molecule has 3 heterocycles. The lowest BCUT2D eigenvalue weighted by Gasteiger charge is -2.26. The highest BCUT2D eigenvalue weighted by Gasteiger charge is 2.35. The Hall–Kier alpha value is -4.37. The number of benzene rings is 2. The van der Waals surface area contributed by atoms with Gasteiger partial charge in [-0.15, -0.1) is 6.58 Å². The number of hydrogen-bond acceptors (Lipinski definition) is 7. The van der Waals surface area contributed by atoms with Crippen LogP contribution >= 0.6 is 11.3 Å². The van der Waals surface area contributed by atoms with E-state index in [1.54, 1.807) is 50.8 Å². The minimum atomic E-state index is -0.787. The van der Waals surface area contributed by atoms with Crippen molar-refractivity contribution in [3.8, 4) is 11.5 Å². The second-order valence-electron chi connectivity index (χ2n) is 8.95. The van der Waals surface area contributed by atoms with E-state index in [1.165, 1.54) is 11.3 Å². The number of carbonyl (C=O) groups is 1. The van der Waals surface area contributed by atoms with Gasteiger partial charge < -0.3 is 18.8 Å². The van der Waals surface area contributed by atoms with Crippen LogP contribution in [0.15, 0.2) is 82.4 Å². The van der Waals surface area contributed by atoms with Crippen LogP contribution in [0.3, 0.4) is 0 Å². The maximum absolute atomic E-state index is 14.0. The van der Waals surface area contributed by atoms with Crippen molar-refractivity contribution in [1.29, 1.82) is 0 Å². The molecule has 0 radical (unpaired) electrons. The number of carbonyl (C=O) groups excluding carboxylic acids is 1. The number of nitrogens with zero attached hydrogens (tertiary/aromatic N) is 3. The summed E-state index contributed by atoms with van der Waals surface area (Å²) < 4.78 is 20.6. The zero-order valence-electron chi connectivity index (χ0n) is 22.3. The number of ether oxygens (including phenoxy) is 3. The number of aromatic nitrogens is 2. The van der Waals surface area contributed by atoms with Crippen LogP contribution in [-0.2, 0) is 16.1 Å². The van der Waals surface area contributed by atoms with Gasteiger partial charge in [0, 0.05) is 40.8 Å². The van der Waals surface area contributed by atoms with E-state index >= 15 is 0 Å². The van der Waals surface area contributed by atoms with E-state index in [0.717, 1.165) is 16.5 Å². The molecule has 8 nitrogen and oxygen atoms in total. The highest BCUT2D eigenvalue weighted by Crippen LogP contribution is 2.37. The van der Waals surface area contributed by atoms with Gasteiger partial charge in [0.15, 0.2) is 4.80 Å². The summed E-state index contributed by atoms with van der Waals surface area (Å²) in [7, 11) is 3.11. The Labute approximate surface area is 229 Å². The third kappa shape index (κ3) is 4.59. The third-order valence-electron chi connectivity index (χ3n) is 6.68. The van der Waals surface area contributed by atoms with Crippen LogP contribution in [-0.4, -0.2) is 35.9 Å². The number of esters is 1. The molecule has 0 fully saturated rings. The van der Waals surface area contributed by atoms with Gasteiger partial charge in [0.25, 0.3) is 5.56 Å². The van der Waals surface area contributed by atoms with Crippen LogP contribution in [0.25, 0.3) is 17.0 Å². The molecule has 0 saturated carbocycles. The summed E-state index contributed by atoms with van der Waals surface area (Å²) in [6, 6.07) is 12.6. The van der Waals surface area contributed by atoms with Crippen LogP contribution < -0.4 is 24.4 Å². The van der Waals surface area contributed by atoms with Gasteiger partial charge in [-0.3, -0.25) is 9.36 Å². The topological polar surface area (TPSA) is 84.0 Å². The average Bonchev–Trinajstić information content (AvgIpc) is 3.44. The lowest BCUT2D eigenvalue weighted by molar-refractivity contribution is -0.139. The van der Waals surface area contributed by atoms with Gasteiger partial charge >= 0.3 is 5.97 Å². The summed E-state index contributed by atoms with van der Waals surface area (Å²) in [5.41, 5.74) is 3.13. The molecule has 5 rings (SSSR count). The van der Waals surface area contributed by atoms with Gasteiger partial charge in [0.2, 0.25) is 0 Å². The number of thiazole rings is 1. The molecule has 4 aromatic rings. The molecule has 9 heteroatoms. The third-order valence-corrected chi connectivity index (χ3v) is 7.67. The van der Waals surface area contributed by atoms with Gasteiger partial charge in [-0.2, -0.15) is 0 Å². The summed E-state index contributed by atoms with van der Waals surface area (Å²) in [4.78, 5) is 32.4. The van der Waals surface area contributed by atoms with Crippen molar-refractivity contribution in [2.24, 2.45) is 4.99 Å². The molecule has 1 atom stereocenters. The van der Waals surface area contributed by atoms with Crippen molar-refractivity contribution in [3.63, 3.8) is 0 Å². The highest BCUT2D eigenvalue weighted by molar-refractivity contribution is 7.07. The van der Waals surface area contributed by atoms with Crippen molar-refractivity contribution in [1.82, 2.24) is 9.13 Å². The Balaban J connectivity index is 1.77. The van der Waals surface area contributed by atoms with Gasteiger partial charge in [0.05, 0.1) is 36.6 Å². The standard InChI is InChI=1S/C30H29N3O5S/c1-6-14-32-17-19(21-10-8-9-11-23(21)32)15-25-28(34)33-27(22-13-12-20(36-4)16-24(22)37-5)26(29(35)38-7-2)18(3)31-30(33)39-25/h6,8-13,15-17,27H,1,7,14H2,2-5H3/b25-15-/t27-/m0/s1. The van der Waals surface area contributed by atoms with E-state index in [1.807, 2.05) is 42.6 Å². The summed E-state index contributed by atoms with van der Waals surface area (Å²) in [5.74, 6) is 0.554. The second-order valence-corrected chi connectivity index (χ2v) is 9.96. The zero-order valence-corrected chi connectivity index (χ0v) is 23.1. The number of para-hydroxylation sites is 1. The maximum atomic E-state index is 14.0. The van der Waals surface area contributed by atoms with Crippen LogP contribution in [0.4, 0.5) is 0 Å². The Bertz CT molecular complexity index is 1810. The summed E-state index contributed by atoms with van der Waals surface area (Å²) >= 11 is 1.29. The quantitative estimate of drug-likeness (QED) is 0.248. The largest absolute Gasteiger partial charge is 0.497 e. The minimum Gasteiger partial charge on any atom is -0.497 e. The predicted molar refractivity (Wildman–Crippen MR) is 152 cm³/mol. The van der Waals surface area contributed by atoms with Crippen LogP contribution in [0.1, 0.15) is 31.0 Å². The molecule has 2 aromatic heterocycles. The molecule has 0 N–H and O–H groups in total. The van der Waals surface area contributed by atoms with Crippen molar-refractivity contribution >= 4 is 34.3 Å². The fourth-order valence-electron chi connectivity index (χ4n) is 4.95. The smallest absolute Gasteiger partial charge is 0.338 e. The molecule has 0 unspecified atom stereocenters. The first-order valence-electron chi connectivity index (χ1n) is 12.5. The van der Waals surface area contributed by atoms with Gasteiger partial charge in [-0.1, -0.05) is 35.6 Å². The summed E-state index contributed by atoms with van der Waals surface area (Å²) in [6.45, 7) is 8.21. The van der Waals surface area contributed by atoms with Crippen molar-refractivity contribution in [2.75, 3.05) is 20.8 Å². The zero-order chi connectivity index (χ0) is 27.7. The van der Waals surface area contributed by atoms with Crippen LogP contribution in [0, 0.1) is 0 Å². The molecular formula is C30H29N3O5S. The lowest BCUT2D eigenvalue weighted by Crippen LogP contribution is -2.40. The van der Waals surface area contributed by atoms with E-state index in [4.69, 9.17) is 14.2 Å². The number of fused-ring (bicyclic) bond motifs is 2. The van der Waals surface area contributed by atoms with Gasteiger partial charge in [-0.05, 0) is 38.1 Å². The number of hydrogen-bond donors (Lipinski definition) is 0. The van der Waals surface area contributed by atoms with Crippen LogP contribution in [0.2, 0.25) is 0 Å². The minimum absolute atomic E-state index is 0.196. The summed E-state index contributed by atoms with van der Waals surface area (Å²) in [5, 5.41) is 1.03. The Kier molecular flexibility index (Phi) is 7.26. The van der Waals surface area contributed by atoms with Gasteiger partial charge in [0.1, 0.15) is 17.5 Å². The molecule has 39 heavy (non-hydrogen) atoms. The molecule has 1 aliphatic rings. The maximum Gasteiger partial charge on any atom is 0.338 e. The highest BCUT2D eigenvalue weighted by atomic mass is 32.1. The molecule has 0 spiro atoms. The first-order valence-corrected chi connectivity index (χ1v) is 13.3. The Morgan fingerprint density at radius 1 is 1.18 bits per heavy atom. The molecule has 0 aliphatic carbocycles. The fourth-order valence-corrected chi connectivity index (χ4v) is 5.99. The number of allylic oxidation sites excluding steroid dienone is 2. The van der Waals surface area contributed by atoms with Crippen LogP contribution in [0.5, 0.6) is 11.5 Å². The van der Waals surface area contributed by atoms with E-state index in [9.17, 15) is 9.59 Å². The summed E-state index contributed by atoms with van der Waals surface area (Å²) in [6.07, 6.45) is 5.74. The molecule has 2 aromatic carbocycles. The molecule has 1 aliphatic heterocycles. The normalized spacial score (nSPS) is 15.2. The van der Waals surface area contributed by atoms with Crippen molar-refractivity contribution in [2.45, 2.75) is 26.4 Å². The molecule has 0 bridgehead atoms. The Morgan fingerprint density at radius 3 is 2.69 bits per heavy atom. The monoisotopic (exact) mass is 543 g/mol. The number of rotatable bonds is 8. The van der Waals surface area contributed by atoms with E-state index in [2.05, 4.69) is 16.1 Å². The molecule has 0 amide bonds. The predicted octanol–water partition coefficient (Wildman–Crippen LogP) is 3.96. The first kappa shape index (κ1) is 26.2. The van der Waals surface area contributed by atoms with Crippen molar-refractivity contribution < 1.29 is 19.0 Å². The Morgan fingerprint density at radius 2 is 1.97 bits per heavy atom. The van der Waals surface area contributed by atoms with Gasteiger partial charge in [-0.25, -0.2) is 9.79 Å².